The maximum atomic E-state index is 6.26. The summed E-state index contributed by atoms with van der Waals surface area (Å²) in [4.78, 5) is 6.54. The second-order valence-electron chi connectivity index (χ2n) is 6.44. The molecule has 0 saturated carbocycles. The lowest BCUT2D eigenvalue weighted by Crippen LogP contribution is -2.15. The molecule has 0 atom stereocenters. The van der Waals surface area contributed by atoms with Crippen LogP contribution in [0.2, 0.25) is 0 Å². The van der Waals surface area contributed by atoms with Gasteiger partial charge in [-0.15, -0.1) is 5.10 Å². The zero-order valence-corrected chi connectivity index (χ0v) is 14.9. The van der Waals surface area contributed by atoms with Gasteiger partial charge in [0.1, 0.15) is 5.76 Å². The lowest BCUT2D eigenvalue weighted by Gasteiger charge is -2.11. The van der Waals surface area contributed by atoms with E-state index in [4.69, 9.17) is 4.42 Å². The predicted octanol–water partition coefficient (Wildman–Crippen LogP) is 3.67. The van der Waals surface area contributed by atoms with Crippen molar-refractivity contribution >= 4 is 22.7 Å². The molecule has 0 fully saturated rings. The van der Waals surface area contributed by atoms with Crippen LogP contribution < -0.4 is 4.90 Å². The normalized spacial score (nSPS) is 11.3. The number of aromatic nitrogens is 5. The molecule has 0 aliphatic heterocycles. The Kier molecular flexibility index (Phi) is 3.39. The van der Waals surface area contributed by atoms with Gasteiger partial charge in [-0.05, 0) is 16.0 Å². The number of hydrogen-bond donors (Lipinski definition) is 0. The number of furan rings is 1. The van der Waals surface area contributed by atoms with E-state index in [1.807, 2.05) is 67.5 Å². The molecule has 0 amide bonds. The van der Waals surface area contributed by atoms with Crippen LogP contribution in [0.5, 0.6) is 0 Å². The second-order valence-corrected chi connectivity index (χ2v) is 6.44. The third-order valence-electron chi connectivity index (χ3n) is 4.47. The smallest absolute Gasteiger partial charge is 0.234 e. The van der Waals surface area contributed by atoms with Crippen molar-refractivity contribution in [3.05, 3.63) is 60.7 Å². The molecule has 0 aliphatic rings. The lowest BCUT2D eigenvalue weighted by atomic mass is 9.99. The van der Waals surface area contributed by atoms with Gasteiger partial charge < -0.3 is 9.32 Å². The van der Waals surface area contributed by atoms with Crippen molar-refractivity contribution in [1.29, 1.82) is 0 Å². The van der Waals surface area contributed by atoms with Crippen molar-refractivity contribution in [3.63, 3.8) is 0 Å². The quantitative estimate of drug-likeness (QED) is 0.491. The summed E-state index contributed by atoms with van der Waals surface area (Å²) in [5.74, 6) is 1.36. The fourth-order valence-corrected chi connectivity index (χ4v) is 3.28. The fourth-order valence-electron chi connectivity index (χ4n) is 3.28. The van der Waals surface area contributed by atoms with Gasteiger partial charge >= 0.3 is 0 Å². The van der Waals surface area contributed by atoms with Crippen LogP contribution in [0, 0.1) is 0 Å². The van der Waals surface area contributed by atoms with Crippen molar-refractivity contribution in [2.45, 2.75) is 0 Å². The monoisotopic (exact) mass is 356 g/mol. The minimum Gasteiger partial charge on any atom is -0.437 e. The number of fused-ring (bicyclic) bond motifs is 3. The van der Waals surface area contributed by atoms with E-state index >= 15 is 0 Å². The summed E-state index contributed by atoms with van der Waals surface area (Å²) in [6.07, 6.45) is 0. The van der Waals surface area contributed by atoms with Gasteiger partial charge in [0, 0.05) is 25.2 Å². The van der Waals surface area contributed by atoms with Crippen LogP contribution in [0.3, 0.4) is 0 Å². The topological polar surface area (TPSA) is 72.3 Å². The molecule has 5 aromatic rings. The van der Waals surface area contributed by atoms with Gasteiger partial charge in [-0.25, -0.2) is 0 Å². The third kappa shape index (κ3) is 2.36. The molecule has 2 aromatic carbocycles. The van der Waals surface area contributed by atoms with E-state index in [1.54, 1.807) is 4.52 Å². The summed E-state index contributed by atoms with van der Waals surface area (Å²) in [5.41, 5.74) is 4.08. The van der Waals surface area contributed by atoms with Gasteiger partial charge in [0.25, 0.3) is 0 Å². The van der Waals surface area contributed by atoms with Crippen LogP contribution in [-0.4, -0.2) is 39.1 Å². The third-order valence-corrected chi connectivity index (χ3v) is 4.47. The molecule has 7 heteroatoms. The van der Waals surface area contributed by atoms with Gasteiger partial charge in [0.2, 0.25) is 11.7 Å². The van der Waals surface area contributed by atoms with E-state index in [0.717, 1.165) is 27.8 Å². The average Bonchev–Trinajstić information content (AvgIpc) is 3.33. The molecule has 27 heavy (non-hydrogen) atoms. The molecule has 5 rings (SSSR count). The first-order valence-electron chi connectivity index (χ1n) is 8.57. The van der Waals surface area contributed by atoms with Gasteiger partial charge in [-0.2, -0.15) is 9.50 Å². The Balaban J connectivity index is 1.95. The Morgan fingerprint density at radius 1 is 0.889 bits per heavy atom. The van der Waals surface area contributed by atoms with Crippen molar-refractivity contribution in [2.75, 3.05) is 19.0 Å². The Labute approximate surface area is 154 Å². The Hall–Kier alpha value is -3.74. The summed E-state index contributed by atoms with van der Waals surface area (Å²) >= 11 is 0. The largest absolute Gasteiger partial charge is 0.437 e. The Morgan fingerprint density at radius 3 is 2.22 bits per heavy atom. The molecule has 132 valence electrons. The summed E-state index contributed by atoms with van der Waals surface area (Å²) in [5, 5.41) is 13.0. The number of anilines is 1. The second kappa shape index (κ2) is 5.91. The minimum absolute atomic E-state index is 0.513. The van der Waals surface area contributed by atoms with Crippen LogP contribution >= 0.6 is 0 Å². The molecule has 7 nitrogen and oxygen atoms in total. The molecule has 3 heterocycles. The van der Waals surface area contributed by atoms with E-state index in [9.17, 15) is 0 Å². The molecule has 3 aromatic heterocycles. The standard InChI is InChI=1S/C20H16N6O/c1-25(2)20-21-19-16(18-22-23-24-26(18)20)15(13-9-5-3-6-10-13)17(27-19)14-11-7-4-8-12-14/h3-12H,1-2H3. The Bertz CT molecular complexity index is 1240. The van der Waals surface area contributed by atoms with Crippen molar-refractivity contribution < 1.29 is 4.42 Å². The number of benzene rings is 2. The van der Waals surface area contributed by atoms with Crippen LogP contribution in [0.1, 0.15) is 0 Å². The molecule has 0 saturated heterocycles. The highest BCUT2D eigenvalue weighted by Gasteiger charge is 2.24. The van der Waals surface area contributed by atoms with Crippen LogP contribution in [0.4, 0.5) is 5.95 Å². The molecule has 0 N–H and O–H groups in total. The highest BCUT2D eigenvalue weighted by atomic mass is 16.3. The van der Waals surface area contributed by atoms with Gasteiger partial charge in [0.05, 0.1) is 5.39 Å². The maximum absolute atomic E-state index is 6.26. The summed E-state index contributed by atoms with van der Waals surface area (Å²) in [6.45, 7) is 0. The number of rotatable bonds is 3. The highest BCUT2D eigenvalue weighted by Crippen LogP contribution is 2.42. The fraction of sp³-hybridized carbons (Fsp3) is 0.100. The van der Waals surface area contributed by atoms with E-state index in [1.165, 1.54) is 0 Å². The van der Waals surface area contributed by atoms with E-state index in [-0.39, 0.29) is 0 Å². The molecular weight excluding hydrogens is 340 g/mol. The Morgan fingerprint density at radius 2 is 1.56 bits per heavy atom. The summed E-state index contributed by atoms with van der Waals surface area (Å²) in [6, 6.07) is 20.1. The first-order chi connectivity index (χ1) is 13.2. The predicted molar refractivity (Wildman–Crippen MR) is 104 cm³/mol. The summed E-state index contributed by atoms with van der Waals surface area (Å²) < 4.78 is 7.90. The molecule has 0 radical (unpaired) electrons. The number of hydrogen-bond acceptors (Lipinski definition) is 6. The van der Waals surface area contributed by atoms with Gasteiger partial charge in [-0.1, -0.05) is 60.7 Å². The van der Waals surface area contributed by atoms with Crippen molar-refractivity contribution in [3.8, 4) is 22.5 Å². The van der Waals surface area contributed by atoms with Crippen molar-refractivity contribution in [2.24, 2.45) is 0 Å². The van der Waals surface area contributed by atoms with Crippen LogP contribution in [-0.2, 0) is 0 Å². The van der Waals surface area contributed by atoms with E-state index in [0.29, 0.717) is 17.3 Å². The SMILES string of the molecule is CN(C)c1nc2oc(-c3ccccc3)c(-c3ccccc3)c2c2nnnn12. The van der Waals surface area contributed by atoms with E-state index < -0.39 is 0 Å². The average molecular weight is 356 g/mol. The van der Waals surface area contributed by atoms with Gasteiger partial charge in [-0.3, -0.25) is 0 Å². The first-order valence-corrected chi connectivity index (χ1v) is 8.57. The first kappa shape index (κ1) is 15.5. The zero-order chi connectivity index (χ0) is 18.4. The zero-order valence-electron chi connectivity index (χ0n) is 14.9. The van der Waals surface area contributed by atoms with Gasteiger partial charge in [0.15, 0.2) is 5.65 Å². The molecule has 0 unspecified atom stereocenters. The minimum atomic E-state index is 0.513. The molecule has 0 aliphatic carbocycles. The molecule has 0 spiro atoms. The molecule has 0 bridgehead atoms. The van der Waals surface area contributed by atoms with Crippen molar-refractivity contribution in [1.82, 2.24) is 25.0 Å². The maximum Gasteiger partial charge on any atom is 0.234 e. The number of nitrogens with zero attached hydrogens (tertiary/aromatic N) is 6. The van der Waals surface area contributed by atoms with Crippen LogP contribution in [0.15, 0.2) is 65.1 Å². The van der Waals surface area contributed by atoms with Crippen LogP contribution in [0.25, 0.3) is 39.2 Å². The molecular formula is C20H16N6O. The summed E-state index contributed by atoms with van der Waals surface area (Å²) in [7, 11) is 3.79. The van der Waals surface area contributed by atoms with E-state index in [2.05, 4.69) is 32.6 Å². The number of tetrazole rings is 1. The lowest BCUT2D eigenvalue weighted by molar-refractivity contribution is 0.616. The highest BCUT2D eigenvalue weighted by molar-refractivity contribution is 6.07.